The molecule has 0 saturated heterocycles. The second-order valence-electron chi connectivity index (χ2n) is 7.59. The van der Waals surface area contributed by atoms with Gasteiger partial charge in [-0.2, -0.15) is 0 Å². The van der Waals surface area contributed by atoms with Crippen LogP contribution in [0.3, 0.4) is 0 Å². The van der Waals surface area contributed by atoms with Gasteiger partial charge >= 0.3 is 0 Å². The van der Waals surface area contributed by atoms with E-state index in [4.69, 9.17) is 4.74 Å². The Morgan fingerprint density at radius 3 is 2.00 bits per heavy atom. The predicted molar refractivity (Wildman–Crippen MR) is 126 cm³/mol. The van der Waals surface area contributed by atoms with Gasteiger partial charge in [0.25, 0.3) is 0 Å². The Labute approximate surface area is 190 Å². The van der Waals surface area contributed by atoms with Gasteiger partial charge in [-0.15, -0.1) is 0 Å². The van der Waals surface area contributed by atoms with E-state index in [9.17, 15) is 9.59 Å². The van der Waals surface area contributed by atoms with Crippen molar-refractivity contribution < 1.29 is 14.3 Å². The Morgan fingerprint density at radius 1 is 0.844 bits per heavy atom. The largest absolute Gasteiger partial charge is 0.383 e. The number of amides is 2. The fourth-order valence-corrected chi connectivity index (χ4v) is 3.62. The number of carbonyl (C=O) groups excluding carboxylic acids is 2. The average molecular weight is 431 g/mol. The highest BCUT2D eigenvalue weighted by molar-refractivity contribution is 5.88. The molecular formula is C27H30N2O3. The lowest BCUT2D eigenvalue weighted by atomic mass is 10.0. The van der Waals surface area contributed by atoms with Crippen LogP contribution in [0.1, 0.15) is 29.2 Å². The first-order chi connectivity index (χ1) is 15.7. The zero-order valence-corrected chi connectivity index (χ0v) is 18.4. The first-order valence-electron chi connectivity index (χ1n) is 10.9. The quantitative estimate of drug-likeness (QED) is 0.465. The van der Waals surface area contributed by atoms with Gasteiger partial charge in [0.1, 0.15) is 6.04 Å². The van der Waals surface area contributed by atoms with Gasteiger partial charge in [-0.25, -0.2) is 0 Å². The number of aryl methyl sites for hydroxylation is 1. The van der Waals surface area contributed by atoms with Crippen LogP contribution in [-0.4, -0.2) is 37.0 Å². The van der Waals surface area contributed by atoms with E-state index in [2.05, 4.69) is 5.32 Å². The summed E-state index contributed by atoms with van der Waals surface area (Å²) in [6, 6.07) is 28.4. The van der Waals surface area contributed by atoms with Gasteiger partial charge in [0.2, 0.25) is 11.8 Å². The minimum absolute atomic E-state index is 0.0616. The van der Waals surface area contributed by atoms with Crippen molar-refractivity contribution in [2.75, 3.05) is 20.3 Å². The molecule has 0 unspecified atom stereocenters. The van der Waals surface area contributed by atoms with Crippen molar-refractivity contribution in [2.45, 2.75) is 25.4 Å². The molecule has 0 aromatic heterocycles. The first-order valence-corrected chi connectivity index (χ1v) is 10.9. The van der Waals surface area contributed by atoms with Crippen LogP contribution in [0.4, 0.5) is 0 Å². The molecule has 3 aromatic carbocycles. The molecule has 3 rings (SSSR count). The van der Waals surface area contributed by atoms with E-state index in [1.54, 1.807) is 12.0 Å². The Kier molecular flexibility index (Phi) is 9.02. The maximum absolute atomic E-state index is 13.5. The minimum Gasteiger partial charge on any atom is -0.383 e. The molecule has 32 heavy (non-hydrogen) atoms. The molecule has 3 aromatic rings. The molecule has 0 heterocycles. The van der Waals surface area contributed by atoms with Crippen LogP contribution in [0.5, 0.6) is 0 Å². The molecule has 2 amide bonds. The van der Waals surface area contributed by atoms with Crippen molar-refractivity contribution in [1.82, 2.24) is 10.2 Å². The van der Waals surface area contributed by atoms with Gasteiger partial charge in [0.05, 0.1) is 6.61 Å². The standard InChI is InChI=1S/C27H30N2O3/c1-32-20-19-28-27(31)26(24-15-9-4-10-16-24)29(21-23-13-7-3-8-14-23)25(30)18-17-22-11-5-2-6-12-22/h2-16,26H,17-21H2,1H3,(H,28,31)/t26-/m0/s1. The normalized spacial score (nSPS) is 11.5. The van der Waals surface area contributed by atoms with Crippen LogP contribution in [-0.2, 0) is 27.3 Å². The minimum atomic E-state index is -0.725. The van der Waals surface area contributed by atoms with Crippen molar-refractivity contribution in [3.05, 3.63) is 108 Å². The molecule has 0 saturated carbocycles. The molecule has 0 spiro atoms. The third-order valence-corrected chi connectivity index (χ3v) is 5.27. The molecule has 0 bridgehead atoms. The Balaban J connectivity index is 1.88. The van der Waals surface area contributed by atoms with Crippen molar-refractivity contribution >= 4 is 11.8 Å². The second kappa shape index (κ2) is 12.4. The number of rotatable bonds is 11. The number of nitrogens with zero attached hydrogens (tertiary/aromatic N) is 1. The van der Waals surface area contributed by atoms with E-state index in [1.807, 2.05) is 91.0 Å². The molecule has 1 N–H and O–H groups in total. The van der Waals surface area contributed by atoms with Crippen LogP contribution < -0.4 is 5.32 Å². The van der Waals surface area contributed by atoms with Crippen LogP contribution in [0, 0.1) is 0 Å². The topological polar surface area (TPSA) is 58.6 Å². The van der Waals surface area contributed by atoms with Crippen LogP contribution in [0.2, 0.25) is 0 Å². The Morgan fingerprint density at radius 2 is 1.41 bits per heavy atom. The number of hydrogen-bond donors (Lipinski definition) is 1. The summed E-state index contributed by atoms with van der Waals surface area (Å²) in [6.45, 7) is 1.15. The molecule has 0 aliphatic rings. The van der Waals surface area contributed by atoms with Crippen molar-refractivity contribution in [3.8, 4) is 0 Å². The summed E-state index contributed by atoms with van der Waals surface area (Å²) >= 11 is 0. The molecule has 0 aliphatic carbocycles. The summed E-state index contributed by atoms with van der Waals surface area (Å²) in [6.07, 6.45) is 0.948. The first kappa shape index (κ1) is 23.2. The lowest BCUT2D eigenvalue weighted by Gasteiger charge is -2.32. The number of nitrogens with one attached hydrogen (secondary N) is 1. The molecule has 5 nitrogen and oxygen atoms in total. The number of methoxy groups -OCH3 is 1. The van der Waals surface area contributed by atoms with Crippen LogP contribution in [0.15, 0.2) is 91.0 Å². The SMILES string of the molecule is COCCNC(=O)[C@H](c1ccccc1)N(Cc1ccccc1)C(=O)CCc1ccccc1. The van der Waals surface area contributed by atoms with E-state index in [0.717, 1.165) is 16.7 Å². The van der Waals surface area contributed by atoms with Gasteiger partial charge in [0.15, 0.2) is 0 Å². The maximum atomic E-state index is 13.5. The van der Waals surface area contributed by atoms with Gasteiger partial charge < -0.3 is 15.0 Å². The van der Waals surface area contributed by atoms with E-state index in [0.29, 0.717) is 32.5 Å². The smallest absolute Gasteiger partial charge is 0.247 e. The van der Waals surface area contributed by atoms with Gasteiger partial charge in [-0.1, -0.05) is 91.0 Å². The third-order valence-electron chi connectivity index (χ3n) is 5.27. The predicted octanol–water partition coefficient (Wildman–Crippen LogP) is 4.15. The van der Waals surface area contributed by atoms with E-state index in [1.165, 1.54) is 0 Å². The van der Waals surface area contributed by atoms with Crippen LogP contribution >= 0.6 is 0 Å². The summed E-state index contributed by atoms with van der Waals surface area (Å²) in [5, 5.41) is 2.92. The molecule has 166 valence electrons. The maximum Gasteiger partial charge on any atom is 0.247 e. The van der Waals surface area contributed by atoms with Crippen molar-refractivity contribution in [3.63, 3.8) is 0 Å². The highest BCUT2D eigenvalue weighted by atomic mass is 16.5. The second-order valence-corrected chi connectivity index (χ2v) is 7.59. The molecule has 0 fully saturated rings. The van der Waals surface area contributed by atoms with Crippen molar-refractivity contribution in [2.24, 2.45) is 0 Å². The van der Waals surface area contributed by atoms with Gasteiger partial charge in [-0.05, 0) is 23.1 Å². The molecule has 1 atom stereocenters. The average Bonchev–Trinajstić information content (AvgIpc) is 2.84. The summed E-state index contributed by atoms with van der Waals surface area (Å²) in [4.78, 5) is 28.4. The molecule has 5 heteroatoms. The summed E-state index contributed by atoms with van der Waals surface area (Å²) < 4.78 is 5.07. The number of carbonyl (C=O) groups is 2. The van der Waals surface area contributed by atoms with Crippen molar-refractivity contribution in [1.29, 1.82) is 0 Å². The summed E-state index contributed by atoms with van der Waals surface area (Å²) in [7, 11) is 1.59. The zero-order valence-electron chi connectivity index (χ0n) is 18.4. The van der Waals surface area contributed by atoms with E-state index >= 15 is 0 Å². The Bertz CT molecular complexity index is 962. The summed E-state index contributed by atoms with van der Waals surface area (Å²) in [5.74, 6) is -0.273. The highest BCUT2D eigenvalue weighted by Crippen LogP contribution is 2.25. The fraction of sp³-hybridized carbons (Fsp3) is 0.259. The highest BCUT2D eigenvalue weighted by Gasteiger charge is 2.31. The number of hydrogen-bond acceptors (Lipinski definition) is 3. The van der Waals surface area contributed by atoms with Gasteiger partial charge in [-0.3, -0.25) is 9.59 Å². The Hall–Kier alpha value is -3.44. The van der Waals surface area contributed by atoms with Crippen LogP contribution in [0.25, 0.3) is 0 Å². The monoisotopic (exact) mass is 430 g/mol. The third kappa shape index (κ3) is 6.79. The van der Waals surface area contributed by atoms with E-state index in [-0.39, 0.29) is 11.8 Å². The lowest BCUT2D eigenvalue weighted by molar-refractivity contribution is -0.141. The summed E-state index contributed by atoms with van der Waals surface area (Å²) in [5.41, 5.74) is 2.86. The molecule has 0 aliphatic heterocycles. The fourth-order valence-electron chi connectivity index (χ4n) is 3.62. The van der Waals surface area contributed by atoms with E-state index < -0.39 is 6.04 Å². The van der Waals surface area contributed by atoms with Gasteiger partial charge in [0, 0.05) is 26.6 Å². The lowest BCUT2D eigenvalue weighted by Crippen LogP contribution is -2.44. The zero-order chi connectivity index (χ0) is 22.6. The molecular weight excluding hydrogens is 400 g/mol. The number of ether oxygens (including phenoxy) is 1. The molecule has 0 radical (unpaired) electrons. The number of benzene rings is 3.